The van der Waals surface area contributed by atoms with Crippen LogP contribution in [-0.4, -0.2) is 33.0 Å². The van der Waals surface area contributed by atoms with Crippen molar-refractivity contribution in [3.63, 3.8) is 0 Å². The standard InChI is InChI=1S/C11H8Cl2N6O2S/c1-6-2-3-7(12)9(8(6)13)18-22(20,21)11-16-10-15-4-14-5-19(10)17-11/h2-5,18H,1H3. The van der Waals surface area contributed by atoms with Crippen molar-refractivity contribution in [1.29, 1.82) is 0 Å². The molecule has 0 saturated heterocycles. The van der Waals surface area contributed by atoms with Gasteiger partial charge in [0.25, 0.3) is 21.0 Å². The molecule has 3 rings (SSSR count). The van der Waals surface area contributed by atoms with Crippen LogP contribution in [0.15, 0.2) is 29.9 Å². The van der Waals surface area contributed by atoms with E-state index >= 15 is 0 Å². The fourth-order valence-electron chi connectivity index (χ4n) is 1.68. The Labute approximate surface area is 135 Å². The van der Waals surface area contributed by atoms with Crippen LogP contribution in [0.5, 0.6) is 0 Å². The monoisotopic (exact) mass is 358 g/mol. The molecule has 0 bridgehead atoms. The van der Waals surface area contributed by atoms with E-state index in [0.717, 1.165) is 4.52 Å². The Kier molecular flexibility index (Phi) is 3.63. The van der Waals surface area contributed by atoms with Crippen LogP contribution in [0.4, 0.5) is 5.69 Å². The smallest absolute Gasteiger partial charge is 0.274 e. The van der Waals surface area contributed by atoms with Crippen LogP contribution < -0.4 is 4.72 Å². The van der Waals surface area contributed by atoms with E-state index in [2.05, 4.69) is 24.8 Å². The highest BCUT2D eigenvalue weighted by molar-refractivity contribution is 7.92. The van der Waals surface area contributed by atoms with Gasteiger partial charge in [-0.2, -0.15) is 22.9 Å². The van der Waals surface area contributed by atoms with Crippen LogP contribution in [0.3, 0.4) is 0 Å². The molecule has 0 amide bonds. The average molecular weight is 359 g/mol. The van der Waals surface area contributed by atoms with E-state index in [0.29, 0.717) is 5.56 Å². The molecule has 1 aromatic carbocycles. The van der Waals surface area contributed by atoms with E-state index in [1.807, 2.05) is 0 Å². The zero-order chi connectivity index (χ0) is 15.9. The van der Waals surface area contributed by atoms with E-state index in [1.54, 1.807) is 19.1 Å². The summed E-state index contributed by atoms with van der Waals surface area (Å²) >= 11 is 12.1. The zero-order valence-corrected chi connectivity index (χ0v) is 13.4. The first-order valence-electron chi connectivity index (χ1n) is 5.88. The number of nitrogens with zero attached hydrogens (tertiary/aromatic N) is 5. The minimum absolute atomic E-state index is 0.0771. The average Bonchev–Trinajstić information content (AvgIpc) is 2.93. The molecule has 8 nitrogen and oxygen atoms in total. The van der Waals surface area contributed by atoms with Crippen molar-refractivity contribution < 1.29 is 8.42 Å². The Morgan fingerprint density at radius 1 is 1.27 bits per heavy atom. The Bertz CT molecular complexity index is 939. The molecule has 11 heteroatoms. The Morgan fingerprint density at radius 2 is 2.05 bits per heavy atom. The molecule has 0 radical (unpaired) electrons. The number of hydrogen-bond donors (Lipinski definition) is 1. The Hall–Kier alpha value is -1.97. The predicted octanol–water partition coefficient (Wildman–Crippen LogP) is 1.94. The number of sulfonamides is 1. The highest BCUT2D eigenvalue weighted by atomic mass is 35.5. The van der Waals surface area contributed by atoms with Gasteiger partial charge in [0.2, 0.25) is 0 Å². The molecular formula is C11H8Cl2N6O2S. The maximum Gasteiger partial charge on any atom is 0.299 e. The highest BCUT2D eigenvalue weighted by Gasteiger charge is 2.23. The number of aromatic nitrogens is 5. The third-order valence-corrected chi connectivity index (χ3v) is 4.70. The summed E-state index contributed by atoms with van der Waals surface area (Å²) in [4.78, 5) is 11.4. The number of rotatable bonds is 3. The molecule has 0 fully saturated rings. The molecule has 0 saturated carbocycles. The van der Waals surface area contributed by atoms with Gasteiger partial charge in [0.05, 0.1) is 15.7 Å². The van der Waals surface area contributed by atoms with Gasteiger partial charge in [-0.05, 0) is 18.6 Å². The van der Waals surface area contributed by atoms with Crippen molar-refractivity contribution in [2.24, 2.45) is 0 Å². The van der Waals surface area contributed by atoms with Crippen molar-refractivity contribution in [1.82, 2.24) is 24.6 Å². The maximum absolute atomic E-state index is 12.4. The van der Waals surface area contributed by atoms with Crippen LogP contribution in [0.25, 0.3) is 5.78 Å². The number of halogens is 2. The van der Waals surface area contributed by atoms with Crippen LogP contribution in [0.2, 0.25) is 10.0 Å². The maximum atomic E-state index is 12.4. The minimum atomic E-state index is -4.07. The van der Waals surface area contributed by atoms with Gasteiger partial charge >= 0.3 is 0 Å². The lowest BCUT2D eigenvalue weighted by Gasteiger charge is -2.10. The van der Waals surface area contributed by atoms with E-state index in [4.69, 9.17) is 23.2 Å². The molecule has 0 atom stereocenters. The van der Waals surface area contributed by atoms with Crippen LogP contribution in [0.1, 0.15) is 5.56 Å². The molecule has 0 aliphatic heterocycles. The quantitative estimate of drug-likeness (QED) is 0.767. The van der Waals surface area contributed by atoms with Crippen LogP contribution in [0, 0.1) is 6.92 Å². The van der Waals surface area contributed by atoms with Crippen molar-refractivity contribution in [3.8, 4) is 0 Å². The highest BCUT2D eigenvalue weighted by Crippen LogP contribution is 2.34. The van der Waals surface area contributed by atoms with Crippen molar-refractivity contribution in [2.75, 3.05) is 4.72 Å². The van der Waals surface area contributed by atoms with Gasteiger partial charge < -0.3 is 0 Å². The first-order valence-corrected chi connectivity index (χ1v) is 8.12. The van der Waals surface area contributed by atoms with E-state index in [1.165, 1.54) is 12.7 Å². The summed E-state index contributed by atoms with van der Waals surface area (Å²) < 4.78 is 28.2. The predicted molar refractivity (Wildman–Crippen MR) is 80.6 cm³/mol. The summed E-state index contributed by atoms with van der Waals surface area (Å²) in [6.07, 6.45) is 2.53. The second-order valence-corrected chi connectivity index (χ2v) is 6.67. The summed E-state index contributed by atoms with van der Waals surface area (Å²) in [7, 11) is -4.07. The van der Waals surface area contributed by atoms with Gasteiger partial charge in [-0.15, -0.1) is 5.10 Å². The molecule has 0 spiro atoms. The topological polar surface area (TPSA) is 102 Å². The molecule has 2 aromatic heterocycles. The van der Waals surface area contributed by atoms with Crippen molar-refractivity contribution in [2.45, 2.75) is 12.1 Å². The lowest BCUT2D eigenvalue weighted by molar-refractivity contribution is 0.592. The molecule has 0 aliphatic rings. The zero-order valence-electron chi connectivity index (χ0n) is 11.0. The lowest BCUT2D eigenvalue weighted by atomic mass is 10.2. The summed E-state index contributed by atoms with van der Waals surface area (Å²) in [6, 6.07) is 3.23. The van der Waals surface area contributed by atoms with Gasteiger partial charge in [0.15, 0.2) is 0 Å². The summed E-state index contributed by atoms with van der Waals surface area (Å²) in [5, 5.41) is 3.73. The van der Waals surface area contributed by atoms with E-state index in [9.17, 15) is 8.42 Å². The molecule has 1 N–H and O–H groups in total. The number of fused-ring (bicyclic) bond motifs is 1. The Morgan fingerprint density at radius 3 is 2.77 bits per heavy atom. The largest absolute Gasteiger partial charge is 0.299 e. The number of nitrogens with one attached hydrogen (secondary N) is 1. The second-order valence-electron chi connectivity index (χ2n) is 4.31. The van der Waals surface area contributed by atoms with Gasteiger partial charge in [-0.3, -0.25) is 4.72 Å². The summed E-state index contributed by atoms with van der Waals surface area (Å²) in [6.45, 7) is 1.73. The first-order chi connectivity index (χ1) is 10.4. The first kappa shape index (κ1) is 14.9. The van der Waals surface area contributed by atoms with Crippen LogP contribution >= 0.6 is 23.2 Å². The lowest BCUT2D eigenvalue weighted by Crippen LogP contribution is -2.15. The normalized spacial score (nSPS) is 11.8. The fraction of sp³-hybridized carbons (Fsp3) is 0.0909. The number of benzene rings is 1. The molecule has 3 aromatic rings. The van der Waals surface area contributed by atoms with E-state index in [-0.39, 0.29) is 21.5 Å². The van der Waals surface area contributed by atoms with E-state index < -0.39 is 15.2 Å². The molecule has 22 heavy (non-hydrogen) atoms. The summed E-state index contributed by atoms with van der Waals surface area (Å²) in [5.74, 6) is 0.108. The third kappa shape index (κ3) is 2.58. The van der Waals surface area contributed by atoms with Gasteiger partial charge in [-0.25, -0.2) is 4.98 Å². The summed E-state index contributed by atoms with van der Waals surface area (Å²) in [5.41, 5.74) is 0.755. The van der Waals surface area contributed by atoms with Crippen molar-refractivity contribution >= 4 is 44.7 Å². The molecule has 114 valence electrons. The minimum Gasteiger partial charge on any atom is -0.274 e. The fourth-order valence-corrected chi connectivity index (χ4v) is 3.23. The number of anilines is 1. The second kappa shape index (κ2) is 5.34. The number of aryl methyl sites for hydroxylation is 1. The molecule has 2 heterocycles. The Balaban J connectivity index is 2.06. The van der Waals surface area contributed by atoms with Gasteiger partial charge in [-0.1, -0.05) is 29.3 Å². The van der Waals surface area contributed by atoms with Gasteiger partial charge in [0.1, 0.15) is 12.7 Å². The van der Waals surface area contributed by atoms with Crippen LogP contribution in [-0.2, 0) is 10.0 Å². The van der Waals surface area contributed by atoms with Crippen molar-refractivity contribution in [3.05, 3.63) is 40.4 Å². The molecule has 0 aliphatic carbocycles. The van der Waals surface area contributed by atoms with Gasteiger partial charge in [0, 0.05) is 0 Å². The third-order valence-electron chi connectivity index (χ3n) is 2.77. The molecular weight excluding hydrogens is 351 g/mol. The SMILES string of the molecule is Cc1ccc(Cl)c(NS(=O)(=O)c2nc3ncncn3n2)c1Cl. The molecule has 0 unspecified atom stereocenters. The number of hydrogen-bond acceptors (Lipinski definition) is 6.